The van der Waals surface area contributed by atoms with Crippen molar-refractivity contribution in [2.24, 2.45) is 0 Å². The molecule has 0 aliphatic carbocycles. The normalized spacial score (nSPS) is 24.8. The largest absolute Gasteiger partial charge is 0.487 e. The molecule has 1 aromatic carbocycles. The van der Waals surface area contributed by atoms with Crippen LogP contribution < -0.4 is 10.1 Å². The molecule has 1 aromatic rings. The summed E-state index contributed by atoms with van der Waals surface area (Å²) in [6, 6.07) is 6.13. The fourth-order valence-electron chi connectivity index (χ4n) is 2.81. The van der Waals surface area contributed by atoms with E-state index in [1.54, 1.807) is 0 Å². The maximum absolute atomic E-state index is 6.24. The van der Waals surface area contributed by atoms with E-state index in [1.165, 1.54) is 0 Å². The number of fused-ring (bicyclic) bond motifs is 1. The Hall–Kier alpha value is -0.290. The molecule has 106 valence electrons. The number of piperidine rings is 1. The van der Waals surface area contributed by atoms with Crippen molar-refractivity contribution >= 4 is 28.3 Å². The minimum atomic E-state index is -0.128. The molecule has 1 spiro atoms. The van der Waals surface area contributed by atoms with E-state index in [4.69, 9.17) is 9.47 Å². The second-order valence-electron chi connectivity index (χ2n) is 5.12. The zero-order chi connectivity index (χ0) is 12.6. The molecule has 2 aliphatic rings. The Morgan fingerprint density at radius 2 is 2.05 bits per heavy atom. The molecule has 0 amide bonds. The fraction of sp³-hybridized carbons (Fsp3) is 0.571. The highest BCUT2D eigenvalue weighted by Crippen LogP contribution is 2.37. The highest BCUT2D eigenvalue weighted by molar-refractivity contribution is 9.10. The van der Waals surface area contributed by atoms with Crippen molar-refractivity contribution in [1.82, 2.24) is 5.32 Å². The number of hydrogen-bond donors (Lipinski definition) is 1. The third-order valence-electron chi connectivity index (χ3n) is 4.03. The van der Waals surface area contributed by atoms with Crippen LogP contribution in [0.15, 0.2) is 22.7 Å². The molecule has 1 fully saturated rings. The summed E-state index contributed by atoms with van der Waals surface area (Å²) in [6.07, 6.45) is 2.13. The van der Waals surface area contributed by atoms with Crippen molar-refractivity contribution in [3.8, 4) is 5.75 Å². The molecule has 0 aromatic heterocycles. The number of halogens is 2. The molecule has 1 saturated heterocycles. The van der Waals surface area contributed by atoms with E-state index in [0.717, 1.165) is 41.7 Å². The SMILES string of the molecule is CC1Oc2ccc(Br)cc2COC12CCNCC2.Cl. The standard InChI is InChI=1S/C14H18BrNO2.ClH/c1-10-14(4-6-16-7-5-14)17-9-11-8-12(15)2-3-13(11)18-10;/h2-3,8,10,16H,4-7,9H2,1H3;1H. The van der Waals surface area contributed by atoms with Crippen molar-refractivity contribution in [2.45, 2.75) is 38.1 Å². The highest BCUT2D eigenvalue weighted by atomic mass is 79.9. The summed E-state index contributed by atoms with van der Waals surface area (Å²) in [7, 11) is 0. The number of benzene rings is 1. The van der Waals surface area contributed by atoms with Crippen molar-refractivity contribution < 1.29 is 9.47 Å². The van der Waals surface area contributed by atoms with Gasteiger partial charge in [0.05, 0.1) is 6.61 Å². The quantitative estimate of drug-likeness (QED) is 0.780. The predicted molar refractivity (Wildman–Crippen MR) is 81.1 cm³/mol. The molecule has 0 radical (unpaired) electrons. The maximum Gasteiger partial charge on any atom is 0.125 e. The monoisotopic (exact) mass is 347 g/mol. The second-order valence-corrected chi connectivity index (χ2v) is 6.03. The Labute approximate surface area is 128 Å². The van der Waals surface area contributed by atoms with Crippen molar-refractivity contribution in [3.63, 3.8) is 0 Å². The molecular formula is C14H19BrClNO2. The first-order valence-electron chi connectivity index (χ1n) is 6.49. The van der Waals surface area contributed by atoms with Crippen LogP contribution in [0.4, 0.5) is 0 Å². The van der Waals surface area contributed by atoms with E-state index in [1.807, 2.05) is 12.1 Å². The van der Waals surface area contributed by atoms with Gasteiger partial charge in [-0.05, 0) is 51.1 Å². The van der Waals surface area contributed by atoms with Gasteiger partial charge in [0, 0.05) is 10.0 Å². The third-order valence-corrected chi connectivity index (χ3v) is 4.53. The number of ether oxygens (including phenoxy) is 2. The lowest BCUT2D eigenvalue weighted by Crippen LogP contribution is -2.52. The summed E-state index contributed by atoms with van der Waals surface area (Å²) in [5.41, 5.74) is 1.00. The molecule has 5 heteroatoms. The highest BCUT2D eigenvalue weighted by Gasteiger charge is 2.42. The minimum absolute atomic E-state index is 0. The second kappa shape index (κ2) is 6.00. The van der Waals surface area contributed by atoms with E-state index in [2.05, 4.69) is 34.2 Å². The first-order valence-corrected chi connectivity index (χ1v) is 7.29. The van der Waals surface area contributed by atoms with Crippen LogP contribution in [-0.4, -0.2) is 24.8 Å². The Balaban J connectivity index is 0.00000133. The molecule has 0 saturated carbocycles. The van der Waals surface area contributed by atoms with E-state index in [9.17, 15) is 0 Å². The van der Waals surface area contributed by atoms with Gasteiger partial charge in [0.15, 0.2) is 0 Å². The average molecular weight is 349 g/mol. The Morgan fingerprint density at radius 1 is 1.32 bits per heavy atom. The van der Waals surface area contributed by atoms with E-state index in [-0.39, 0.29) is 24.1 Å². The van der Waals surface area contributed by atoms with Crippen LogP contribution in [0.3, 0.4) is 0 Å². The van der Waals surface area contributed by atoms with Crippen LogP contribution in [0.25, 0.3) is 0 Å². The summed E-state index contributed by atoms with van der Waals surface area (Å²) < 4.78 is 13.4. The van der Waals surface area contributed by atoms with Gasteiger partial charge in [0.25, 0.3) is 0 Å². The molecule has 3 nitrogen and oxygen atoms in total. The van der Waals surface area contributed by atoms with Crippen LogP contribution in [-0.2, 0) is 11.3 Å². The Bertz CT molecular complexity index is 449. The molecular weight excluding hydrogens is 330 g/mol. The summed E-state index contributed by atoms with van der Waals surface area (Å²) >= 11 is 3.50. The van der Waals surface area contributed by atoms with Gasteiger partial charge in [0.1, 0.15) is 17.5 Å². The average Bonchev–Trinajstić information content (AvgIpc) is 2.51. The first kappa shape index (κ1) is 15.1. The lowest BCUT2D eigenvalue weighted by molar-refractivity contribution is -0.122. The van der Waals surface area contributed by atoms with Crippen LogP contribution in [0, 0.1) is 0 Å². The summed E-state index contributed by atoms with van der Waals surface area (Å²) in [5.74, 6) is 0.959. The topological polar surface area (TPSA) is 30.5 Å². The number of rotatable bonds is 0. The number of hydrogen-bond acceptors (Lipinski definition) is 3. The third kappa shape index (κ3) is 2.92. The Kier molecular flexibility index (Phi) is 4.77. The molecule has 1 unspecified atom stereocenters. The summed E-state index contributed by atoms with van der Waals surface area (Å²) in [4.78, 5) is 0. The zero-order valence-electron chi connectivity index (χ0n) is 10.9. The van der Waals surface area contributed by atoms with Crippen molar-refractivity contribution in [2.75, 3.05) is 13.1 Å². The lowest BCUT2D eigenvalue weighted by Gasteiger charge is -2.40. The molecule has 2 heterocycles. The van der Waals surface area contributed by atoms with Crippen LogP contribution in [0.5, 0.6) is 5.75 Å². The van der Waals surface area contributed by atoms with Crippen molar-refractivity contribution in [1.29, 1.82) is 0 Å². The van der Waals surface area contributed by atoms with Gasteiger partial charge >= 0.3 is 0 Å². The maximum atomic E-state index is 6.24. The van der Waals surface area contributed by atoms with Gasteiger partial charge in [-0.3, -0.25) is 0 Å². The summed E-state index contributed by atoms with van der Waals surface area (Å²) in [5, 5.41) is 3.38. The predicted octanol–water partition coefficient (Wildman–Crippen LogP) is 3.29. The van der Waals surface area contributed by atoms with Gasteiger partial charge in [-0.25, -0.2) is 0 Å². The molecule has 1 N–H and O–H groups in total. The van der Waals surface area contributed by atoms with Gasteiger partial charge < -0.3 is 14.8 Å². The van der Waals surface area contributed by atoms with E-state index >= 15 is 0 Å². The fourth-order valence-corrected chi connectivity index (χ4v) is 3.22. The molecule has 0 bridgehead atoms. The molecule has 19 heavy (non-hydrogen) atoms. The van der Waals surface area contributed by atoms with Crippen LogP contribution >= 0.6 is 28.3 Å². The molecule has 2 aliphatic heterocycles. The van der Waals surface area contributed by atoms with E-state index < -0.39 is 0 Å². The van der Waals surface area contributed by atoms with Gasteiger partial charge in [0.2, 0.25) is 0 Å². The zero-order valence-corrected chi connectivity index (χ0v) is 13.4. The summed E-state index contributed by atoms with van der Waals surface area (Å²) in [6.45, 7) is 4.78. The first-order chi connectivity index (χ1) is 8.70. The Morgan fingerprint density at radius 3 is 2.79 bits per heavy atom. The van der Waals surface area contributed by atoms with Crippen molar-refractivity contribution in [3.05, 3.63) is 28.2 Å². The molecule has 1 atom stereocenters. The van der Waals surface area contributed by atoms with Gasteiger partial charge in [-0.2, -0.15) is 0 Å². The molecule has 3 rings (SSSR count). The smallest absolute Gasteiger partial charge is 0.125 e. The van der Waals surface area contributed by atoms with Crippen LogP contribution in [0.2, 0.25) is 0 Å². The van der Waals surface area contributed by atoms with Crippen LogP contribution in [0.1, 0.15) is 25.3 Å². The van der Waals surface area contributed by atoms with E-state index in [0.29, 0.717) is 6.61 Å². The minimum Gasteiger partial charge on any atom is -0.487 e. The van der Waals surface area contributed by atoms with Gasteiger partial charge in [-0.15, -0.1) is 12.4 Å². The lowest BCUT2D eigenvalue weighted by atomic mass is 9.87. The number of nitrogens with one attached hydrogen (secondary N) is 1. The van der Waals surface area contributed by atoms with Gasteiger partial charge in [-0.1, -0.05) is 15.9 Å².